The summed E-state index contributed by atoms with van der Waals surface area (Å²) >= 11 is 11.9. The van der Waals surface area contributed by atoms with Gasteiger partial charge in [0.25, 0.3) is 15.0 Å². The Morgan fingerprint density at radius 2 is 1.84 bits per heavy atom. The minimum atomic E-state index is -4.72. The highest BCUT2D eigenvalue weighted by Crippen LogP contribution is 2.46. The van der Waals surface area contributed by atoms with E-state index in [4.69, 9.17) is 23.2 Å². The quantitative estimate of drug-likeness (QED) is 0.559. The van der Waals surface area contributed by atoms with Crippen LogP contribution in [0.3, 0.4) is 0 Å². The van der Waals surface area contributed by atoms with Gasteiger partial charge in [0.05, 0.1) is 21.8 Å². The van der Waals surface area contributed by atoms with Gasteiger partial charge in [-0.05, 0) is 24.6 Å². The molecule has 1 heterocycles. The van der Waals surface area contributed by atoms with Crippen molar-refractivity contribution in [2.45, 2.75) is 18.1 Å². The highest BCUT2D eigenvalue weighted by molar-refractivity contribution is 7.94. The smallest absolute Gasteiger partial charge is 0.265 e. The minimum Gasteiger partial charge on any atom is -0.265 e. The van der Waals surface area contributed by atoms with Crippen molar-refractivity contribution in [3.05, 3.63) is 63.4 Å². The average molecular weight is 495 g/mol. The van der Waals surface area contributed by atoms with E-state index in [2.05, 4.69) is 11.7 Å². The van der Waals surface area contributed by atoms with Gasteiger partial charge in [0.1, 0.15) is 17.4 Å². The number of aromatic nitrogens is 2. The predicted octanol–water partition coefficient (Wildman–Crippen LogP) is 5.02. The number of anilines is 1. The summed E-state index contributed by atoms with van der Waals surface area (Å²) in [6.07, 6.45) is -2.44. The summed E-state index contributed by atoms with van der Waals surface area (Å²) in [6, 6.07) is 2.88. The van der Waals surface area contributed by atoms with Gasteiger partial charge in [-0.25, -0.2) is 17.5 Å². The maximum atomic E-state index is 15.2. The van der Waals surface area contributed by atoms with Gasteiger partial charge in [0.2, 0.25) is 0 Å². The van der Waals surface area contributed by atoms with E-state index in [1.54, 1.807) is 6.07 Å². The van der Waals surface area contributed by atoms with Crippen LogP contribution in [0.15, 0.2) is 42.1 Å². The Kier molecular flexibility index (Phi) is 5.41. The van der Waals surface area contributed by atoms with Crippen LogP contribution in [0.25, 0.3) is 5.69 Å². The largest absolute Gasteiger partial charge is 0.416 e. The highest BCUT2D eigenvalue weighted by atomic mass is 35.5. The Morgan fingerprint density at radius 3 is 2.26 bits per heavy atom. The lowest BCUT2D eigenvalue weighted by atomic mass is 9.92. The lowest BCUT2D eigenvalue weighted by Crippen LogP contribution is -2.49. The number of rotatable bonds is 4. The van der Waals surface area contributed by atoms with Crippen LogP contribution in [0.1, 0.15) is 18.2 Å². The Bertz CT molecular complexity index is 1270. The summed E-state index contributed by atoms with van der Waals surface area (Å²) in [5, 5.41) is 9.47. The molecule has 0 saturated carbocycles. The Hall–Kier alpha value is -2.55. The van der Waals surface area contributed by atoms with Crippen molar-refractivity contribution < 1.29 is 26.0 Å². The summed E-state index contributed by atoms with van der Waals surface area (Å²) in [4.78, 5) is 0. The van der Waals surface area contributed by atoms with E-state index in [1.165, 1.54) is 13.0 Å². The molecule has 164 valence electrons. The zero-order valence-corrected chi connectivity index (χ0v) is 18.1. The maximum absolute atomic E-state index is 15.2. The topological polar surface area (TPSA) is 79.0 Å². The van der Waals surface area contributed by atoms with Crippen molar-refractivity contribution in [1.82, 2.24) is 9.78 Å². The van der Waals surface area contributed by atoms with E-state index in [9.17, 15) is 26.9 Å². The number of halogens is 6. The fourth-order valence-electron chi connectivity index (χ4n) is 3.05. The van der Waals surface area contributed by atoms with Gasteiger partial charge in [-0.15, -0.1) is 0 Å². The van der Waals surface area contributed by atoms with Gasteiger partial charge >= 0.3 is 6.18 Å². The molecule has 1 atom stereocenters. The molecular formula is C18H12Cl2F4N4O2S. The van der Waals surface area contributed by atoms with E-state index >= 15 is 4.39 Å². The number of nitrogens with zero attached hydrogens (tertiary/aromatic N) is 4. The second kappa shape index (κ2) is 7.25. The van der Waals surface area contributed by atoms with Crippen LogP contribution in [-0.4, -0.2) is 30.2 Å². The van der Waals surface area contributed by atoms with Crippen LogP contribution < -0.4 is 4.31 Å². The van der Waals surface area contributed by atoms with Gasteiger partial charge in [0, 0.05) is 12.6 Å². The first-order valence-corrected chi connectivity index (χ1v) is 10.5. The first kappa shape index (κ1) is 23.1. The van der Waals surface area contributed by atoms with E-state index in [0.29, 0.717) is 16.4 Å². The maximum Gasteiger partial charge on any atom is 0.416 e. The predicted molar refractivity (Wildman–Crippen MR) is 107 cm³/mol. The zero-order chi connectivity index (χ0) is 23.5. The second-order valence-corrected chi connectivity index (χ2v) is 9.50. The molecule has 2 aromatic rings. The van der Waals surface area contributed by atoms with Gasteiger partial charge in [-0.1, -0.05) is 35.9 Å². The lowest BCUT2D eigenvalue weighted by molar-refractivity contribution is -0.137. The average Bonchev–Trinajstić information content (AvgIpc) is 3.09. The third-order valence-corrected chi connectivity index (χ3v) is 7.53. The third-order valence-electron chi connectivity index (χ3n) is 4.74. The summed E-state index contributed by atoms with van der Waals surface area (Å²) in [6.45, 7) is 4.66. The van der Waals surface area contributed by atoms with Crippen LogP contribution >= 0.6 is 23.2 Å². The normalized spacial score (nSPS) is 18.9. The van der Waals surface area contributed by atoms with Crippen LogP contribution in [0.5, 0.6) is 0 Å². The monoisotopic (exact) mass is 494 g/mol. The molecule has 31 heavy (non-hydrogen) atoms. The van der Waals surface area contributed by atoms with Crippen LogP contribution in [-0.2, 0) is 16.2 Å². The van der Waals surface area contributed by atoms with Gasteiger partial charge in [-0.2, -0.15) is 23.5 Å². The molecule has 0 bridgehead atoms. The summed E-state index contributed by atoms with van der Waals surface area (Å²) in [7, 11) is -3.71. The Morgan fingerprint density at radius 1 is 1.29 bits per heavy atom. The van der Waals surface area contributed by atoms with E-state index < -0.39 is 42.5 Å². The van der Waals surface area contributed by atoms with Crippen LogP contribution in [0.4, 0.5) is 23.2 Å². The standard InChI is InChI=1S/C18H12Cl2F4N4O2S/c1-9-4-10(2)17(9,21)31(29,30)27(3)15-8-28(26-14(15)7-25)16-12(19)5-11(6-13(16)20)18(22,23)24/h4-6,8H,1H2,2-3H3. The van der Waals surface area contributed by atoms with Crippen LogP contribution in [0, 0.1) is 11.3 Å². The van der Waals surface area contributed by atoms with Crippen molar-refractivity contribution in [1.29, 1.82) is 5.26 Å². The summed E-state index contributed by atoms with van der Waals surface area (Å²) < 4.78 is 81.2. The summed E-state index contributed by atoms with van der Waals surface area (Å²) in [5.41, 5.74) is -2.49. The number of hydrogen-bond acceptors (Lipinski definition) is 4. The Balaban J connectivity index is 2.13. The Labute approximate surface area is 184 Å². The van der Waals surface area contributed by atoms with Crippen LogP contribution in [0.2, 0.25) is 10.0 Å². The van der Waals surface area contributed by atoms with Gasteiger partial charge < -0.3 is 0 Å². The molecule has 1 aliphatic rings. The molecule has 1 unspecified atom stereocenters. The van der Waals surface area contributed by atoms with E-state index in [1.807, 2.05) is 0 Å². The van der Waals surface area contributed by atoms with E-state index in [-0.39, 0.29) is 22.5 Å². The molecule has 1 aromatic heterocycles. The van der Waals surface area contributed by atoms with Crippen molar-refractivity contribution in [3.8, 4) is 11.8 Å². The molecule has 1 aromatic carbocycles. The summed E-state index contributed by atoms with van der Waals surface area (Å²) in [5.74, 6) is 0. The van der Waals surface area contributed by atoms with Crippen molar-refractivity contribution >= 4 is 38.9 Å². The van der Waals surface area contributed by atoms with Crippen molar-refractivity contribution in [2.24, 2.45) is 0 Å². The van der Waals surface area contributed by atoms with Gasteiger partial charge in [0.15, 0.2) is 5.69 Å². The molecule has 3 rings (SSSR count). The molecule has 6 nitrogen and oxygen atoms in total. The fourth-order valence-corrected chi connectivity index (χ4v) is 5.33. The minimum absolute atomic E-state index is 0.0934. The number of allylic oxidation sites excluding steroid dienone is 1. The molecule has 0 radical (unpaired) electrons. The molecule has 0 saturated heterocycles. The van der Waals surface area contributed by atoms with Crippen molar-refractivity contribution in [3.63, 3.8) is 0 Å². The number of alkyl halides is 4. The zero-order valence-electron chi connectivity index (χ0n) is 15.8. The molecular weight excluding hydrogens is 483 g/mol. The molecule has 0 spiro atoms. The van der Waals surface area contributed by atoms with E-state index in [0.717, 1.165) is 17.9 Å². The fraction of sp³-hybridized carbons (Fsp3) is 0.222. The van der Waals surface area contributed by atoms with Gasteiger partial charge in [-0.3, -0.25) is 4.31 Å². The molecule has 0 fully saturated rings. The number of sulfonamides is 1. The number of hydrogen-bond donors (Lipinski definition) is 0. The third kappa shape index (κ3) is 3.39. The molecule has 0 aliphatic heterocycles. The number of benzene rings is 1. The first-order chi connectivity index (χ1) is 14.2. The SMILES string of the molecule is C=C1C=C(C)C1(F)S(=O)(=O)N(C)c1cn(-c2c(Cl)cc(C(F)(F)F)cc2Cl)nc1C#N. The number of nitriles is 1. The van der Waals surface area contributed by atoms with Crippen molar-refractivity contribution in [2.75, 3.05) is 11.4 Å². The molecule has 0 amide bonds. The molecule has 13 heteroatoms. The first-order valence-electron chi connectivity index (χ1n) is 8.28. The molecule has 0 N–H and O–H groups in total. The molecule has 1 aliphatic carbocycles. The lowest BCUT2D eigenvalue weighted by Gasteiger charge is -2.37. The second-order valence-electron chi connectivity index (χ2n) is 6.63. The highest BCUT2D eigenvalue weighted by Gasteiger charge is 2.56.